The first kappa shape index (κ1) is 11.6. The highest BCUT2D eigenvalue weighted by atomic mass is 32.2. The number of hydrogen-bond acceptors (Lipinski definition) is 3. The van der Waals surface area contributed by atoms with E-state index in [1.807, 2.05) is 0 Å². The van der Waals surface area contributed by atoms with Crippen molar-refractivity contribution in [3.63, 3.8) is 0 Å². The van der Waals surface area contributed by atoms with E-state index >= 15 is 0 Å². The monoisotopic (exact) mass is 243 g/mol. The zero-order valence-electron chi connectivity index (χ0n) is 9.62. The standard InChI is InChI=1S/C11H17NO3S/c1-4-8-7-11(8,3)9(13)12-16(14,15)10(2)5-6-10/h4,8H,1,5-7H2,2-3H3,(H,12,13)/t8-,11+/m1/s1. The lowest BCUT2D eigenvalue weighted by atomic mass is 10.1. The second-order valence-corrected chi connectivity index (χ2v) is 7.54. The van der Waals surface area contributed by atoms with Gasteiger partial charge in [-0.15, -0.1) is 6.58 Å². The molecule has 2 aliphatic rings. The Kier molecular flexibility index (Phi) is 2.25. The van der Waals surface area contributed by atoms with Crippen molar-refractivity contribution in [3.05, 3.63) is 12.7 Å². The Hall–Kier alpha value is -0.840. The number of amides is 1. The summed E-state index contributed by atoms with van der Waals surface area (Å²) >= 11 is 0. The first-order valence-electron chi connectivity index (χ1n) is 5.44. The first-order valence-corrected chi connectivity index (χ1v) is 6.93. The topological polar surface area (TPSA) is 63.2 Å². The van der Waals surface area contributed by atoms with Crippen LogP contribution in [0.15, 0.2) is 12.7 Å². The number of nitrogens with one attached hydrogen (secondary N) is 1. The quantitative estimate of drug-likeness (QED) is 0.755. The number of allylic oxidation sites excluding steroid dienone is 1. The van der Waals surface area contributed by atoms with Crippen LogP contribution < -0.4 is 4.72 Å². The van der Waals surface area contributed by atoms with E-state index in [4.69, 9.17) is 0 Å². The molecule has 1 N–H and O–H groups in total. The second-order valence-electron chi connectivity index (χ2n) is 5.35. The van der Waals surface area contributed by atoms with Crippen molar-refractivity contribution in [3.8, 4) is 0 Å². The van der Waals surface area contributed by atoms with E-state index in [1.54, 1.807) is 19.9 Å². The van der Waals surface area contributed by atoms with Crippen LogP contribution in [0.4, 0.5) is 0 Å². The van der Waals surface area contributed by atoms with Gasteiger partial charge >= 0.3 is 0 Å². The minimum atomic E-state index is -3.49. The Morgan fingerprint density at radius 2 is 2.00 bits per heavy atom. The normalized spacial score (nSPS) is 35.2. The Bertz CT molecular complexity index is 450. The molecule has 2 rings (SSSR count). The molecule has 2 fully saturated rings. The predicted molar refractivity (Wildman–Crippen MR) is 61.1 cm³/mol. The van der Waals surface area contributed by atoms with Crippen molar-refractivity contribution in [1.82, 2.24) is 4.72 Å². The summed E-state index contributed by atoms with van der Waals surface area (Å²) in [4.78, 5) is 11.8. The summed E-state index contributed by atoms with van der Waals surface area (Å²) in [6.45, 7) is 7.08. The van der Waals surface area contributed by atoms with Gasteiger partial charge in [-0.3, -0.25) is 9.52 Å². The van der Waals surface area contributed by atoms with Gasteiger partial charge in [0.25, 0.3) is 0 Å². The van der Waals surface area contributed by atoms with Gasteiger partial charge in [-0.25, -0.2) is 8.42 Å². The molecule has 0 heterocycles. The lowest BCUT2D eigenvalue weighted by molar-refractivity contribution is -0.124. The number of carbonyl (C=O) groups excluding carboxylic acids is 1. The molecule has 2 saturated carbocycles. The van der Waals surface area contributed by atoms with E-state index in [9.17, 15) is 13.2 Å². The molecule has 0 aromatic rings. The fraction of sp³-hybridized carbons (Fsp3) is 0.727. The summed E-state index contributed by atoms with van der Waals surface area (Å²) < 4.78 is 25.2. The van der Waals surface area contributed by atoms with Crippen molar-refractivity contribution in [2.24, 2.45) is 11.3 Å². The predicted octanol–water partition coefficient (Wildman–Crippen LogP) is 1.20. The number of hydrogen-bond donors (Lipinski definition) is 1. The largest absolute Gasteiger partial charge is 0.273 e. The summed E-state index contributed by atoms with van der Waals surface area (Å²) in [6, 6.07) is 0. The molecule has 2 aliphatic carbocycles. The minimum absolute atomic E-state index is 0.106. The molecule has 90 valence electrons. The molecule has 0 aliphatic heterocycles. The molecule has 0 aromatic carbocycles. The van der Waals surface area contributed by atoms with Crippen molar-refractivity contribution in [2.45, 2.75) is 37.9 Å². The average Bonchev–Trinajstić information content (AvgIpc) is 3.04. The van der Waals surface area contributed by atoms with E-state index in [-0.39, 0.29) is 11.8 Å². The van der Waals surface area contributed by atoms with E-state index in [0.29, 0.717) is 19.3 Å². The number of carbonyl (C=O) groups is 1. The summed E-state index contributed by atoms with van der Waals surface area (Å²) in [6.07, 6.45) is 3.67. The van der Waals surface area contributed by atoms with Gasteiger partial charge in [0.05, 0.1) is 10.2 Å². The SMILES string of the molecule is C=C[C@@H]1C[C@]1(C)C(=O)NS(=O)(=O)C1(C)CC1. The molecule has 0 unspecified atom stereocenters. The highest BCUT2D eigenvalue weighted by Crippen LogP contribution is 2.53. The van der Waals surface area contributed by atoms with Gasteiger partial charge in [0.15, 0.2) is 0 Å². The Balaban J connectivity index is 2.07. The zero-order valence-corrected chi connectivity index (χ0v) is 10.4. The van der Waals surface area contributed by atoms with E-state index < -0.39 is 20.2 Å². The van der Waals surface area contributed by atoms with E-state index in [2.05, 4.69) is 11.3 Å². The van der Waals surface area contributed by atoms with Crippen molar-refractivity contribution >= 4 is 15.9 Å². The molecule has 0 saturated heterocycles. The third-order valence-corrected chi connectivity index (χ3v) is 6.10. The van der Waals surface area contributed by atoms with E-state index in [1.165, 1.54) is 0 Å². The highest BCUT2D eigenvalue weighted by Gasteiger charge is 2.57. The molecule has 0 radical (unpaired) electrons. The Morgan fingerprint density at radius 1 is 1.44 bits per heavy atom. The first-order chi connectivity index (χ1) is 7.25. The fourth-order valence-electron chi connectivity index (χ4n) is 1.81. The molecular weight excluding hydrogens is 226 g/mol. The molecule has 0 spiro atoms. The van der Waals surface area contributed by atoms with Crippen LogP contribution in [-0.4, -0.2) is 19.1 Å². The van der Waals surface area contributed by atoms with Crippen LogP contribution in [0, 0.1) is 11.3 Å². The Labute approximate surface area is 96.2 Å². The van der Waals surface area contributed by atoms with Gasteiger partial charge < -0.3 is 0 Å². The van der Waals surface area contributed by atoms with Gasteiger partial charge in [-0.1, -0.05) is 13.0 Å². The summed E-state index contributed by atoms with van der Waals surface area (Å²) in [5.74, 6) is -0.278. The van der Waals surface area contributed by atoms with Crippen LogP contribution in [0.2, 0.25) is 0 Å². The summed E-state index contributed by atoms with van der Waals surface area (Å²) in [7, 11) is -3.49. The van der Waals surface area contributed by atoms with Crippen molar-refractivity contribution in [2.75, 3.05) is 0 Å². The van der Waals surface area contributed by atoms with Crippen LogP contribution in [0.25, 0.3) is 0 Å². The van der Waals surface area contributed by atoms with Crippen LogP contribution >= 0.6 is 0 Å². The fourth-order valence-corrected chi connectivity index (χ4v) is 3.17. The lowest BCUT2D eigenvalue weighted by Crippen LogP contribution is -2.42. The van der Waals surface area contributed by atoms with Crippen LogP contribution in [0.5, 0.6) is 0 Å². The average molecular weight is 243 g/mol. The maximum atomic E-state index is 11.8. The summed E-state index contributed by atoms with van der Waals surface area (Å²) in [5, 5.41) is 0. The van der Waals surface area contributed by atoms with Gasteiger partial charge in [-0.2, -0.15) is 0 Å². The molecule has 5 heteroatoms. The van der Waals surface area contributed by atoms with Crippen molar-refractivity contribution < 1.29 is 13.2 Å². The molecule has 2 atom stereocenters. The smallest absolute Gasteiger partial charge is 0.240 e. The number of rotatable bonds is 4. The zero-order chi connectivity index (χ0) is 12.2. The molecule has 0 bridgehead atoms. The third-order valence-electron chi connectivity index (χ3n) is 3.94. The maximum absolute atomic E-state index is 11.8. The Morgan fingerprint density at radius 3 is 2.38 bits per heavy atom. The van der Waals surface area contributed by atoms with Gasteiger partial charge in [0.2, 0.25) is 15.9 Å². The lowest BCUT2D eigenvalue weighted by Gasteiger charge is -2.15. The van der Waals surface area contributed by atoms with E-state index in [0.717, 1.165) is 0 Å². The summed E-state index contributed by atoms with van der Waals surface area (Å²) in [5.41, 5.74) is -0.569. The van der Waals surface area contributed by atoms with Gasteiger partial charge in [0.1, 0.15) is 0 Å². The van der Waals surface area contributed by atoms with Gasteiger partial charge in [-0.05, 0) is 32.1 Å². The maximum Gasteiger partial charge on any atom is 0.240 e. The molecule has 1 amide bonds. The third kappa shape index (κ3) is 1.57. The van der Waals surface area contributed by atoms with Gasteiger partial charge in [0, 0.05) is 0 Å². The molecule has 4 nitrogen and oxygen atoms in total. The number of sulfonamides is 1. The second kappa shape index (κ2) is 3.09. The molecular formula is C11H17NO3S. The highest BCUT2D eigenvalue weighted by molar-refractivity contribution is 7.91. The van der Waals surface area contributed by atoms with Crippen LogP contribution in [0.3, 0.4) is 0 Å². The van der Waals surface area contributed by atoms with Crippen LogP contribution in [-0.2, 0) is 14.8 Å². The van der Waals surface area contributed by atoms with Crippen molar-refractivity contribution in [1.29, 1.82) is 0 Å². The van der Waals surface area contributed by atoms with Crippen LogP contribution in [0.1, 0.15) is 33.1 Å². The molecule has 0 aromatic heterocycles. The molecule has 16 heavy (non-hydrogen) atoms. The minimum Gasteiger partial charge on any atom is -0.273 e.